The number of nitrogens with one attached hydrogen (secondary N) is 2. The van der Waals surface area contributed by atoms with E-state index in [4.69, 9.17) is 4.98 Å². The predicted octanol–water partition coefficient (Wildman–Crippen LogP) is 4.80. The number of benzene rings is 2. The van der Waals surface area contributed by atoms with Crippen molar-refractivity contribution in [2.24, 2.45) is 4.99 Å². The van der Waals surface area contributed by atoms with Crippen LogP contribution in [-0.4, -0.2) is 28.1 Å². The van der Waals surface area contributed by atoms with Crippen molar-refractivity contribution in [3.8, 4) is 11.4 Å². The first-order valence-electron chi connectivity index (χ1n) is 9.60. The third kappa shape index (κ3) is 4.85. The van der Waals surface area contributed by atoms with Crippen molar-refractivity contribution in [2.45, 2.75) is 27.2 Å². The maximum Gasteiger partial charge on any atom is 0.162 e. The SMILES string of the molecule is C=C(NC(C)=NCCC)Nc1nc(-c2ccccc2C(C)=O)nc2ccccc12. The predicted molar refractivity (Wildman–Crippen MR) is 119 cm³/mol. The molecule has 0 unspecified atom stereocenters. The number of carbonyl (C=O) groups excluding carboxylic acids is 1. The summed E-state index contributed by atoms with van der Waals surface area (Å²) in [4.78, 5) is 25.9. The molecule has 148 valence electrons. The fraction of sp³-hybridized carbons (Fsp3) is 0.217. The number of fused-ring (bicyclic) bond motifs is 1. The summed E-state index contributed by atoms with van der Waals surface area (Å²) < 4.78 is 0. The van der Waals surface area contributed by atoms with Crippen molar-refractivity contribution in [3.05, 3.63) is 66.5 Å². The molecule has 0 saturated carbocycles. The molecule has 29 heavy (non-hydrogen) atoms. The second kappa shape index (κ2) is 9.10. The van der Waals surface area contributed by atoms with Crippen molar-refractivity contribution in [3.63, 3.8) is 0 Å². The van der Waals surface area contributed by atoms with Crippen molar-refractivity contribution in [1.82, 2.24) is 15.3 Å². The van der Waals surface area contributed by atoms with Gasteiger partial charge in [-0.3, -0.25) is 9.79 Å². The summed E-state index contributed by atoms with van der Waals surface area (Å²) in [7, 11) is 0. The summed E-state index contributed by atoms with van der Waals surface area (Å²) >= 11 is 0. The van der Waals surface area contributed by atoms with E-state index in [0.29, 0.717) is 28.6 Å². The number of hydrogen-bond donors (Lipinski definition) is 2. The molecule has 6 heteroatoms. The second-order valence-electron chi connectivity index (χ2n) is 6.71. The molecule has 3 rings (SSSR count). The maximum atomic E-state index is 12.1. The summed E-state index contributed by atoms with van der Waals surface area (Å²) in [5.41, 5.74) is 2.07. The first-order chi connectivity index (χ1) is 14.0. The lowest BCUT2D eigenvalue weighted by molar-refractivity contribution is 0.101. The van der Waals surface area contributed by atoms with E-state index in [9.17, 15) is 4.79 Å². The first-order valence-corrected chi connectivity index (χ1v) is 9.60. The highest BCUT2D eigenvalue weighted by Crippen LogP contribution is 2.27. The van der Waals surface area contributed by atoms with E-state index in [-0.39, 0.29) is 5.78 Å². The smallest absolute Gasteiger partial charge is 0.162 e. The van der Waals surface area contributed by atoms with E-state index in [2.05, 4.69) is 34.1 Å². The number of rotatable bonds is 7. The molecule has 6 nitrogen and oxygen atoms in total. The summed E-state index contributed by atoms with van der Waals surface area (Å²) in [6, 6.07) is 15.1. The fourth-order valence-electron chi connectivity index (χ4n) is 2.99. The second-order valence-corrected chi connectivity index (χ2v) is 6.71. The van der Waals surface area contributed by atoms with Crippen molar-refractivity contribution < 1.29 is 4.79 Å². The minimum Gasteiger partial charge on any atom is -0.331 e. The zero-order valence-electron chi connectivity index (χ0n) is 17.0. The number of amidine groups is 1. The quantitative estimate of drug-likeness (QED) is 0.346. The molecule has 2 aromatic carbocycles. The number of Topliss-reactive ketones (excluding diaryl/α,β-unsaturated/α-hetero) is 1. The zero-order valence-corrected chi connectivity index (χ0v) is 17.0. The minimum atomic E-state index is -0.0271. The van der Waals surface area contributed by atoms with Gasteiger partial charge in [-0.2, -0.15) is 0 Å². The highest BCUT2D eigenvalue weighted by molar-refractivity contribution is 6.01. The molecule has 0 radical (unpaired) electrons. The van der Waals surface area contributed by atoms with E-state index in [1.165, 1.54) is 0 Å². The van der Waals surface area contributed by atoms with Crippen molar-refractivity contribution >= 4 is 28.3 Å². The van der Waals surface area contributed by atoms with Crippen LogP contribution in [0.15, 0.2) is 65.9 Å². The molecule has 0 aliphatic rings. The average molecular weight is 387 g/mol. The van der Waals surface area contributed by atoms with Gasteiger partial charge in [-0.05, 0) is 32.4 Å². The van der Waals surface area contributed by atoms with Crippen LogP contribution in [0, 0.1) is 0 Å². The van der Waals surface area contributed by atoms with Crippen LogP contribution in [0.5, 0.6) is 0 Å². The summed E-state index contributed by atoms with van der Waals surface area (Å²) in [6.45, 7) is 10.3. The van der Waals surface area contributed by atoms with Crippen LogP contribution in [0.2, 0.25) is 0 Å². The lowest BCUT2D eigenvalue weighted by Gasteiger charge is -2.15. The molecule has 0 fully saturated rings. The molecule has 3 aromatic rings. The molecule has 2 N–H and O–H groups in total. The Balaban J connectivity index is 2.02. The van der Waals surface area contributed by atoms with Crippen LogP contribution in [-0.2, 0) is 0 Å². The van der Waals surface area contributed by atoms with Gasteiger partial charge in [0.2, 0.25) is 0 Å². The van der Waals surface area contributed by atoms with Gasteiger partial charge in [-0.25, -0.2) is 9.97 Å². The van der Waals surface area contributed by atoms with Gasteiger partial charge in [-0.15, -0.1) is 0 Å². The number of aromatic nitrogens is 2. The van der Waals surface area contributed by atoms with Gasteiger partial charge in [0.1, 0.15) is 11.6 Å². The van der Waals surface area contributed by atoms with E-state index < -0.39 is 0 Å². The van der Waals surface area contributed by atoms with Gasteiger partial charge in [0.05, 0.1) is 11.4 Å². The molecular formula is C23H25N5O. The van der Waals surface area contributed by atoms with Crippen LogP contribution in [0.1, 0.15) is 37.6 Å². The Morgan fingerprint density at radius 3 is 2.55 bits per heavy atom. The van der Waals surface area contributed by atoms with Crippen LogP contribution >= 0.6 is 0 Å². The molecule has 0 saturated heterocycles. The third-order valence-electron chi connectivity index (χ3n) is 4.32. The number of hydrogen-bond acceptors (Lipinski definition) is 5. The zero-order chi connectivity index (χ0) is 20.8. The molecule has 0 spiro atoms. The fourth-order valence-corrected chi connectivity index (χ4v) is 2.99. The lowest BCUT2D eigenvalue weighted by Crippen LogP contribution is -2.24. The minimum absolute atomic E-state index is 0.0271. The van der Waals surface area contributed by atoms with Crippen molar-refractivity contribution in [2.75, 3.05) is 11.9 Å². The van der Waals surface area contributed by atoms with Crippen LogP contribution in [0.25, 0.3) is 22.3 Å². The summed E-state index contributed by atoms with van der Waals surface area (Å²) in [6.07, 6.45) is 0.981. The molecule has 0 amide bonds. The van der Waals surface area contributed by atoms with Gasteiger partial charge in [0, 0.05) is 23.1 Å². The van der Waals surface area contributed by atoms with E-state index in [1.807, 2.05) is 49.4 Å². The molecule has 0 aliphatic heterocycles. The Labute approximate surface area is 170 Å². The van der Waals surface area contributed by atoms with Gasteiger partial charge in [-0.1, -0.05) is 49.9 Å². The number of para-hydroxylation sites is 1. The Morgan fingerprint density at radius 1 is 1.07 bits per heavy atom. The normalized spacial score (nSPS) is 11.3. The highest BCUT2D eigenvalue weighted by atomic mass is 16.1. The third-order valence-corrected chi connectivity index (χ3v) is 4.32. The largest absolute Gasteiger partial charge is 0.331 e. The number of carbonyl (C=O) groups is 1. The number of nitrogens with zero attached hydrogens (tertiary/aromatic N) is 3. The summed E-state index contributed by atoms with van der Waals surface area (Å²) in [5, 5.41) is 7.24. The van der Waals surface area contributed by atoms with Crippen LogP contribution in [0.3, 0.4) is 0 Å². The van der Waals surface area contributed by atoms with Gasteiger partial charge in [0.15, 0.2) is 11.6 Å². The number of aliphatic imine (C=N–C) groups is 1. The molecule has 0 bridgehead atoms. The average Bonchev–Trinajstić information content (AvgIpc) is 2.72. The molecule has 1 aromatic heterocycles. The van der Waals surface area contributed by atoms with E-state index in [1.54, 1.807) is 13.0 Å². The molecule has 0 aliphatic carbocycles. The Bertz CT molecular complexity index is 1090. The van der Waals surface area contributed by atoms with Crippen LogP contribution < -0.4 is 10.6 Å². The van der Waals surface area contributed by atoms with Crippen molar-refractivity contribution in [1.29, 1.82) is 0 Å². The monoisotopic (exact) mass is 387 g/mol. The first kappa shape index (κ1) is 20.2. The molecule has 0 atom stereocenters. The number of ketones is 1. The van der Waals surface area contributed by atoms with Crippen LogP contribution in [0.4, 0.5) is 5.82 Å². The van der Waals surface area contributed by atoms with E-state index >= 15 is 0 Å². The number of anilines is 1. The van der Waals surface area contributed by atoms with Gasteiger partial charge < -0.3 is 10.6 Å². The lowest BCUT2D eigenvalue weighted by atomic mass is 10.0. The van der Waals surface area contributed by atoms with E-state index in [0.717, 1.165) is 29.7 Å². The van der Waals surface area contributed by atoms with Gasteiger partial charge in [0.25, 0.3) is 0 Å². The maximum absolute atomic E-state index is 12.1. The Kier molecular flexibility index (Phi) is 6.34. The Hall–Kier alpha value is -3.54. The summed E-state index contributed by atoms with van der Waals surface area (Å²) in [5.74, 6) is 2.42. The van der Waals surface area contributed by atoms with Gasteiger partial charge >= 0.3 is 0 Å². The topological polar surface area (TPSA) is 79.3 Å². The molecular weight excluding hydrogens is 362 g/mol. The highest BCUT2D eigenvalue weighted by Gasteiger charge is 2.14. The Morgan fingerprint density at radius 2 is 1.79 bits per heavy atom. The standard InChI is InChI=1S/C23H25N5O/c1-5-14-24-16(3)25-17(4)26-23-20-12-8-9-13-21(20)27-22(28-23)19-11-7-6-10-18(19)15(2)29/h6-13H,4-5,14H2,1-3H3,(H,24,25)(H,26,27,28). The molecule has 1 heterocycles.